The fourth-order valence-corrected chi connectivity index (χ4v) is 4.30. The zero-order chi connectivity index (χ0) is 22.9. The molecule has 0 spiro atoms. The topological polar surface area (TPSA) is 63.2 Å². The minimum atomic E-state index is -0.658. The molecular formula is C27H34O6. The van der Waals surface area contributed by atoms with Crippen molar-refractivity contribution in [2.45, 2.75) is 64.0 Å². The monoisotopic (exact) mass is 454 g/mol. The summed E-state index contributed by atoms with van der Waals surface area (Å²) >= 11 is 0. The standard InChI is InChI=1S/C27H34O6/c1-20-23(13-14-25-30-15-8-16-31-25)33-24(19-29-17-21-9-4-2-5-10-21)27(26(20)28)32-18-22-11-6-3-7-12-22/h2-7,9-12,20,23-25,27H,8,13-19H2,1H3/t20-,23-,24-,27+/m1/s1. The van der Waals surface area contributed by atoms with Gasteiger partial charge in [-0.05, 0) is 24.0 Å². The summed E-state index contributed by atoms with van der Waals surface area (Å²) in [4.78, 5) is 13.3. The summed E-state index contributed by atoms with van der Waals surface area (Å²) in [5.41, 5.74) is 2.11. The van der Waals surface area contributed by atoms with Crippen molar-refractivity contribution in [3.63, 3.8) is 0 Å². The van der Waals surface area contributed by atoms with Crippen LogP contribution in [0.5, 0.6) is 0 Å². The quantitative estimate of drug-likeness (QED) is 0.533. The zero-order valence-electron chi connectivity index (χ0n) is 19.3. The van der Waals surface area contributed by atoms with Gasteiger partial charge in [-0.3, -0.25) is 4.79 Å². The average molecular weight is 455 g/mol. The molecule has 4 rings (SSSR count). The van der Waals surface area contributed by atoms with Crippen LogP contribution in [-0.4, -0.2) is 50.2 Å². The van der Waals surface area contributed by atoms with Gasteiger partial charge in [0.1, 0.15) is 12.2 Å². The highest BCUT2D eigenvalue weighted by atomic mass is 16.7. The summed E-state index contributed by atoms with van der Waals surface area (Å²) in [5.74, 6) is -0.194. The SMILES string of the molecule is C[C@H]1C(=O)[C@@H](OCc2ccccc2)[C@@H](COCc2ccccc2)O[C@@H]1CCC1OCCCO1. The first-order valence-corrected chi connectivity index (χ1v) is 11.9. The van der Waals surface area contributed by atoms with E-state index in [9.17, 15) is 4.79 Å². The van der Waals surface area contributed by atoms with Gasteiger partial charge in [0.15, 0.2) is 12.1 Å². The number of carbonyl (C=O) groups excluding carboxylic acids is 1. The molecule has 0 unspecified atom stereocenters. The lowest BCUT2D eigenvalue weighted by molar-refractivity contribution is -0.203. The van der Waals surface area contributed by atoms with Gasteiger partial charge in [-0.25, -0.2) is 0 Å². The van der Waals surface area contributed by atoms with Crippen molar-refractivity contribution in [3.8, 4) is 0 Å². The van der Waals surface area contributed by atoms with Crippen molar-refractivity contribution >= 4 is 5.78 Å². The Morgan fingerprint density at radius 2 is 1.48 bits per heavy atom. The smallest absolute Gasteiger partial charge is 0.169 e. The fraction of sp³-hybridized carbons (Fsp3) is 0.519. The number of rotatable bonds is 10. The fourth-order valence-electron chi connectivity index (χ4n) is 4.30. The normalized spacial score (nSPS) is 26.4. The van der Waals surface area contributed by atoms with Crippen molar-refractivity contribution in [2.75, 3.05) is 19.8 Å². The Kier molecular flexibility index (Phi) is 9.03. The molecule has 178 valence electrons. The third-order valence-electron chi connectivity index (χ3n) is 6.22. The Hall–Kier alpha value is -2.09. The molecule has 0 N–H and O–H groups in total. The van der Waals surface area contributed by atoms with Crippen molar-refractivity contribution < 1.29 is 28.5 Å². The van der Waals surface area contributed by atoms with E-state index < -0.39 is 12.2 Å². The number of carbonyl (C=O) groups is 1. The van der Waals surface area contributed by atoms with Crippen LogP contribution in [0.3, 0.4) is 0 Å². The Balaban J connectivity index is 1.38. The molecule has 2 aliphatic heterocycles. The van der Waals surface area contributed by atoms with Gasteiger partial charge < -0.3 is 23.7 Å². The van der Waals surface area contributed by atoms with Crippen molar-refractivity contribution in [3.05, 3.63) is 71.8 Å². The van der Waals surface area contributed by atoms with Gasteiger partial charge in [0, 0.05) is 12.3 Å². The first-order chi connectivity index (χ1) is 16.2. The number of ketones is 1. The molecule has 0 aliphatic carbocycles. The van der Waals surface area contributed by atoms with Gasteiger partial charge in [-0.1, -0.05) is 67.6 Å². The average Bonchev–Trinajstić information content (AvgIpc) is 2.87. The maximum absolute atomic E-state index is 13.3. The van der Waals surface area contributed by atoms with E-state index in [1.54, 1.807) is 0 Å². The van der Waals surface area contributed by atoms with Gasteiger partial charge in [-0.15, -0.1) is 0 Å². The molecular weight excluding hydrogens is 420 g/mol. The van der Waals surface area contributed by atoms with Gasteiger partial charge in [0.2, 0.25) is 0 Å². The van der Waals surface area contributed by atoms with Gasteiger partial charge in [0.25, 0.3) is 0 Å². The van der Waals surface area contributed by atoms with Crippen LogP contribution in [0.15, 0.2) is 60.7 Å². The van der Waals surface area contributed by atoms with Crippen LogP contribution in [0.25, 0.3) is 0 Å². The Morgan fingerprint density at radius 1 is 0.848 bits per heavy atom. The third-order valence-corrected chi connectivity index (χ3v) is 6.22. The van der Waals surface area contributed by atoms with Crippen LogP contribution < -0.4 is 0 Å². The van der Waals surface area contributed by atoms with Gasteiger partial charge in [0.05, 0.1) is 39.1 Å². The van der Waals surface area contributed by atoms with Crippen LogP contribution in [0.4, 0.5) is 0 Å². The number of hydrogen-bond donors (Lipinski definition) is 0. The van der Waals surface area contributed by atoms with E-state index in [0.29, 0.717) is 32.7 Å². The Morgan fingerprint density at radius 3 is 2.15 bits per heavy atom. The molecule has 0 saturated carbocycles. The molecule has 2 aromatic carbocycles. The summed E-state index contributed by atoms with van der Waals surface area (Å²) in [6, 6.07) is 19.9. The maximum atomic E-state index is 13.3. The predicted molar refractivity (Wildman–Crippen MR) is 123 cm³/mol. The van der Waals surface area contributed by atoms with E-state index in [-0.39, 0.29) is 24.1 Å². The second kappa shape index (κ2) is 12.4. The predicted octanol–water partition coefficient (Wildman–Crippen LogP) is 4.30. The zero-order valence-corrected chi connectivity index (χ0v) is 19.3. The lowest BCUT2D eigenvalue weighted by Gasteiger charge is -2.39. The van der Waals surface area contributed by atoms with Gasteiger partial charge in [-0.2, -0.15) is 0 Å². The molecule has 33 heavy (non-hydrogen) atoms. The molecule has 2 saturated heterocycles. The van der Waals surface area contributed by atoms with Crippen molar-refractivity contribution in [1.29, 1.82) is 0 Å². The summed E-state index contributed by atoms with van der Waals surface area (Å²) in [6.07, 6.45) is 0.770. The van der Waals surface area contributed by atoms with E-state index >= 15 is 0 Å². The van der Waals surface area contributed by atoms with Crippen molar-refractivity contribution in [1.82, 2.24) is 0 Å². The van der Waals surface area contributed by atoms with Crippen molar-refractivity contribution in [2.24, 2.45) is 5.92 Å². The van der Waals surface area contributed by atoms with Crippen LogP contribution in [0, 0.1) is 5.92 Å². The molecule has 0 amide bonds. The lowest BCUT2D eigenvalue weighted by Crippen LogP contribution is -2.53. The Labute approximate surface area is 196 Å². The lowest BCUT2D eigenvalue weighted by atomic mass is 9.87. The highest BCUT2D eigenvalue weighted by Gasteiger charge is 2.43. The molecule has 0 aromatic heterocycles. The summed E-state index contributed by atoms with van der Waals surface area (Å²) < 4.78 is 29.8. The third kappa shape index (κ3) is 6.95. The number of benzene rings is 2. The van der Waals surface area contributed by atoms with Crippen LogP contribution >= 0.6 is 0 Å². The van der Waals surface area contributed by atoms with Gasteiger partial charge >= 0.3 is 0 Å². The van der Waals surface area contributed by atoms with E-state index in [1.165, 1.54) is 0 Å². The highest BCUT2D eigenvalue weighted by Crippen LogP contribution is 2.29. The van der Waals surface area contributed by atoms with E-state index in [4.69, 9.17) is 23.7 Å². The van der Waals surface area contributed by atoms with E-state index in [2.05, 4.69) is 0 Å². The van der Waals surface area contributed by atoms with E-state index in [0.717, 1.165) is 30.8 Å². The van der Waals surface area contributed by atoms with E-state index in [1.807, 2.05) is 67.6 Å². The second-order valence-electron chi connectivity index (χ2n) is 8.72. The number of Topliss-reactive ketones (excluding diaryl/α,β-unsaturated/α-hetero) is 1. The first-order valence-electron chi connectivity index (χ1n) is 11.9. The summed E-state index contributed by atoms with van der Waals surface area (Å²) in [5, 5.41) is 0. The van der Waals surface area contributed by atoms with Crippen LogP contribution in [0.1, 0.15) is 37.3 Å². The molecule has 6 nitrogen and oxygen atoms in total. The molecule has 4 atom stereocenters. The minimum absolute atomic E-state index is 0.0703. The molecule has 0 radical (unpaired) electrons. The van der Waals surface area contributed by atoms with Crippen LogP contribution in [0.2, 0.25) is 0 Å². The molecule has 2 fully saturated rings. The Bertz CT molecular complexity index is 836. The minimum Gasteiger partial charge on any atom is -0.374 e. The maximum Gasteiger partial charge on any atom is 0.169 e. The first kappa shape index (κ1) is 24.0. The molecule has 2 heterocycles. The molecule has 2 aromatic rings. The number of ether oxygens (including phenoxy) is 5. The second-order valence-corrected chi connectivity index (χ2v) is 8.72. The summed E-state index contributed by atoms with van der Waals surface area (Å²) in [6.45, 7) is 4.47. The number of hydrogen-bond acceptors (Lipinski definition) is 6. The van der Waals surface area contributed by atoms with Crippen LogP contribution in [-0.2, 0) is 41.7 Å². The largest absolute Gasteiger partial charge is 0.374 e. The molecule has 0 bridgehead atoms. The highest BCUT2D eigenvalue weighted by molar-refractivity contribution is 5.87. The molecule has 6 heteroatoms. The molecule has 2 aliphatic rings. The summed E-state index contributed by atoms with van der Waals surface area (Å²) in [7, 11) is 0.